The molecule has 0 saturated carbocycles. The first-order chi connectivity index (χ1) is 17.8. The summed E-state index contributed by atoms with van der Waals surface area (Å²) in [5.74, 6) is -0.476. The Morgan fingerprint density at radius 2 is 0.838 bits per heavy atom. The quantitative estimate of drug-likeness (QED) is 0.203. The second kappa shape index (κ2) is 15.4. The van der Waals surface area contributed by atoms with Crippen LogP contribution in [0.1, 0.15) is 79.1 Å². The van der Waals surface area contributed by atoms with Gasteiger partial charge in [0.05, 0.1) is 26.4 Å². The lowest BCUT2D eigenvalue weighted by Crippen LogP contribution is -2.12. The van der Waals surface area contributed by atoms with Crippen molar-refractivity contribution in [2.75, 3.05) is 26.4 Å². The number of phenols is 2. The maximum atomic E-state index is 14.1. The van der Waals surface area contributed by atoms with Crippen LogP contribution in [0.5, 0.6) is 34.5 Å². The van der Waals surface area contributed by atoms with Gasteiger partial charge in [-0.25, -0.2) is 8.42 Å². The maximum Gasteiger partial charge on any atom is 0.214 e. The lowest BCUT2D eigenvalue weighted by molar-refractivity contribution is 0.245. The molecule has 0 atom stereocenters. The molecule has 0 heterocycles. The lowest BCUT2D eigenvalue weighted by Gasteiger charge is -2.20. The van der Waals surface area contributed by atoms with Gasteiger partial charge in [0.25, 0.3) is 0 Å². The Balaban J connectivity index is 2.68. The van der Waals surface area contributed by atoms with E-state index in [0.717, 1.165) is 38.5 Å². The van der Waals surface area contributed by atoms with Crippen LogP contribution in [0.2, 0.25) is 0 Å². The van der Waals surface area contributed by atoms with Gasteiger partial charge >= 0.3 is 0 Å². The molecule has 0 aliphatic heterocycles. The van der Waals surface area contributed by atoms with Crippen LogP contribution in [0.4, 0.5) is 0 Å². The van der Waals surface area contributed by atoms with E-state index < -0.39 is 9.84 Å². The molecule has 0 aromatic heterocycles. The van der Waals surface area contributed by atoms with Crippen LogP contribution in [0.15, 0.2) is 34.1 Å². The van der Waals surface area contributed by atoms with Crippen LogP contribution in [0, 0.1) is 0 Å². The number of ether oxygens (including phenoxy) is 4. The van der Waals surface area contributed by atoms with Crippen molar-refractivity contribution in [3.63, 3.8) is 0 Å². The average molecular weight is 539 g/mol. The first-order valence-electron chi connectivity index (χ1n) is 13.3. The van der Waals surface area contributed by atoms with Crippen LogP contribution in [0.25, 0.3) is 0 Å². The zero-order valence-electron chi connectivity index (χ0n) is 22.5. The summed E-state index contributed by atoms with van der Waals surface area (Å²) in [7, 11) is -4.25. The molecule has 2 aromatic rings. The van der Waals surface area contributed by atoms with E-state index in [0.29, 0.717) is 26.1 Å². The zero-order valence-corrected chi connectivity index (χ0v) is 23.4. The Morgan fingerprint density at radius 1 is 0.541 bits per heavy atom. The van der Waals surface area contributed by atoms with Gasteiger partial charge in [0.15, 0.2) is 23.0 Å². The largest absolute Gasteiger partial charge is 0.504 e. The summed E-state index contributed by atoms with van der Waals surface area (Å²) in [4.78, 5) is -0.308. The van der Waals surface area contributed by atoms with Gasteiger partial charge in [0.1, 0.15) is 9.79 Å². The number of hydrogen-bond donors (Lipinski definition) is 2. The molecule has 2 N–H and O–H groups in total. The van der Waals surface area contributed by atoms with Crippen LogP contribution >= 0.6 is 0 Å². The van der Waals surface area contributed by atoms with E-state index in [4.69, 9.17) is 18.9 Å². The number of rotatable bonds is 18. The Bertz CT molecular complexity index is 1000. The molecule has 0 spiro atoms. The van der Waals surface area contributed by atoms with E-state index in [1.807, 2.05) is 27.7 Å². The highest BCUT2D eigenvalue weighted by atomic mass is 32.2. The molecular formula is C28H42O8S. The maximum absolute atomic E-state index is 14.1. The molecule has 0 aliphatic rings. The van der Waals surface area contributed by atoms with Crippen LogP contribution < -0.4 is 18.9 Å². The first-order valence-corrected chi connectivity index (χ1v) is 14.8. The van der Waals surface area contributed by atoms with Gasteiger partial charge in [-0.3, -0.25) is 0 Å². The number of unbranched alkanes of at least 4 members (excludes halogenated alkanes) is 4. The summed E-state index contributed by atoms with van der Waals surface area (Å²) in [6.07, 6.45) is 6.30. The molecule has 0 aliphatic carbocycles. The van der Waals surface area contributed by atoms with Crippen molar-refractivity contribution in [3.8, 4) is 34.5 Å². The third kappa shape index (κ3) is 8.09. The fourth-order valence-electron chi connectivity index (χ4n) is 3.44. The minimum Gasteiger partial charge on any atom is -0.504 e. The van der Waals surface area contributed by atoms with Crippen LogP contribution in [0.3, 0.4) is 0 Å². The van der Waals surface area contributed by atoms with E-state index in [1.54, 1.807) is 0 Å². The molecule has 208 valence electrons. The third-order valence-corrected chi connectivity index (χ3v) is 7.47. The highest BCUT2D eigenvalue weighted by molar-refractivity contribution is 7.91. The molecule has 2 rings (SSSR count). The van der Waals surface area contributed by atoms with Gasteiger partial charge in [-0.2, -0.15) is 0 Å². The molecule has 8 nitrogen and oxygen atoms in total. The number of aromatic hydroxyl groups is 2. The number of benzene rings is 2. The predicted molar refractivity (Wildman–Crippen MR) is 143 cm³/mol. The molecule has 2 aromatic carbocycles. The highest BCUT2D eigenvalue weighted by Gasteiger charge is 2.32. The molecule has 0 unspecified atom stereocenters. The Kier molecular flexibility index (Phi) is 12.7. The summed E-state index contributed by atoms with van der Waals surface area (Å²) in [5, 5.41) is 21.1. The summed E-state index contributed by atoms with van der Waals surface area (Å²) in [6.45, 7) is 9.13. The SMILES string of the molecule is CCCCOc1c(O)ccc(S(=O)(=O)c2ccc(O)c(OCCCC)c2OCCCC)c1OCCCC. The summed E-state index contributed by atoms with van der Waals surface area (Å²) in [5.41, 5.74) is 0. The number of sulfone groups is 1. The third-order valence-electron chi connectivity index (χ3n) is 5.67. The molecular weight excluding hydrogens is 496 g/mol. The first kappa shape index (κ1) is 30.4. The fourth-order valence-corrected chi connectivity index (χ4v) is 4.96. The second-order valence-electron chi connectivity index (χ2n) is 8.79. The van der Waals surface area contributed by atoms with Gasteiger partial charge in [-0.1, -0.05) is 53.4 Å². The highest BCUT2D eigenvalue weighted by Crippen LogP contribution is 2.48. The Hall–Kier alpha value is -2.81. The van der Waals surface area contributed by atoms with E-state index in [1.165, 1.54) is 24.3 Å². The molecule has 0 radical (unpaired) electrons. The van der Waals surface area contributed by atoms with Crippen molar-refractivity contribution in [1.29, 1.82) is 0 Å². The summed E-state index contributed by atoms with van der Waals surface area (Å²) in [6, 6.07) is 5.19. The minimum atomic E-state index is -4.25. The zero-order chi connectivity index (χ0) is 27.3. The van der Waals surface area contributed by atoms with Gasteiger partial charge < -0.3 is 29.2 Å². The molecule has 9 heteroatoms. The van der Waals surface area contributed by atoms with E-state index >= 15 is 0 Å². The predicted octanol–water partition coefficient (Wildman–Crippen LogP) is 6.65. The van der Waals surface area contributed by atoms with Gasteiger partial charge in [-0.05, 0) is 49.9 Å². The topological polar surface area (TPSA) is 112 Å². The molecule has 0 saturated heterocycles. The van der Waals surface area contributed by atoms with Crippen LogP contribution in [-0.4, -0.2) is 45.1 Å². The monoisotopic (exact) mass is 538 g/mol. The van der Waals surface area contributed by atoms with Crippen molar-refractivity contribution < 1.29 is 37.6 Å². The Morgan fingerprint density at radius 3 is 1.14 bits per heavy atom. The van der Waals surface area contributed by atoms with Crippen molar-refractivity contribution in [2.45, 2.75) is 88.9 Å². The van der Waals surface area contributed by atoms with E-state index in [2.05, 4.69) is 0 Å². The van der Waals surface area contributed by atoms with Crippen LogP contribution in [-0.2, 0) is 9.84 Å². The number of phenolic OH excluding ortho intramolecular Hbond substituents is 2. The van der Waals surface area contributed by atoms with Gasteiger partial charge in [0, 0.05) is 0 Å². The van der Waals surface area contributed by atoms with Crippen molar-refractivity contribution >= 4 is 9.84 Å². The average Bonchev–Trinajstić information content (AvgIpc) is 2.87. The van der Waals surface area contributed by atoms with E-state index in [-0.39, 0.29) is 57.5 Å². The fraction of sp³-hybridized carbons (Fsp3) is 0.571. The molecule has 0 fully saturated rings. The number of hydrogen-bond acceptors (Lipinski definition) is 8. The summed E-state index contributed by atoms with van der Waals surface area (Å²) < 4.78 is 51.6. The molecule has 37 heavy (non-hydrogen) atoms. The normalized spacial score (nSPS) is 11.4. The van der Waals surface area contributed by atoms with Crippen molar-refractivity contribution in [1.82, 2.24) is 0 Å². The second-order valence-corrected chi connectivity index (χ2v) is 10.7. The van der Waals surface area contributed by atoms with Gasteiger partial charge in [-0.15, -0.1) is 0 Å². The lowest BCUT2D eigenvalue weighted by atomic mass is 10.2. The smallest absolute Gasteiger partial charge is 0.214 e. The molecule has 0 amide bonds. The standard InChI is InChI=1S/C28H42O8S/c1-5-9-17-33-25-21(29)13-15-23(27(25)35-19-11-7-3)37(31,32)24-16-14-22(30)26(34-18-10-6-2)28(24)36-20-12-8-4/h13-16,29-30H,5-12,17-20H2,1-4H3. The molecule has 0 bridgehead atoms. The minimum absolute atomic E-state index is 0.00252. The van der Waals surface area contributed by atoms with Crippen molar-refractivity contribution in [2.24, 2.45) is 0 Å². The Labute approximate surface area is 221 Å². The summed E-state index contributed by atoms with van der Waals surface area (Å²) >= 11 is 0. The van der Waals surface area contributed by atoms with Crippen molar-refractivity contribution in [3.05, 3.63) is 24.3 Å². The van der Waals surface area contributed by atoms with Gasteiger partial charge in [0.2, 0.25) is 21.3 Å². The van der Waals surface area contributed by atoms with E-state index in [9.17, 15) is 18.6 Å².